The second-order valence-electron chi connectivity index (χ2n) is 6.26. The molecular formula is C18H20O2. The van der Waals surface area contributed by atoms with Gasteiger partial charge in [-0.05, 0) is 44.2 Å². The third-order valence-corrected chi connectivity index (χ3v) is 4.92. The van der Waals surface area contributed by atoms with Crippen molar-refractivity contribution in [2.24, 2.45) is 11.3 Å². The van der Waals surface area contributed by atoms with E-state index in [0.29, 0.717) is 18.6 Å². The number of allylic oxidation sites excluding steroid dienone is 2. The maximum atomic E-state index is 12.8. The minimum absolute atomic E-state index is 0.104. The molecule has 0 bridgehead atoms. The molecule has 20 heavy (non-hydrogen) atoms. The summed E-state index contributed by atoms with van der Waals surface area (Å²) in [4.78, 5) is 24.4. The van der Waals surface area contributed by atoms with Gasteiger partial charge in [-0.3, -0.25) is 9.59 Å². The molecule has 0 spiro atoms. The van der Waals surface area contributed by atoms with Crippen molar-refractivity contribution in [3.8, 4) is 0 Å². The molecule has 0 N–H and O–H groups in total. The van der Waals surface area contributed by atoms with E-state index >= 15 is 0 Å². The van der Waals surface area contributed by atoms with Gasteiger partial charge in [0.1, 0.15) is 5.78 Å². The van der Waals surface area contributed by atoms with Crippen molar-refractivity contribution in [2.45, 2.75) is 39.0 Å². The molecule has 0 saturated heterocycles. The molecule has 2 atom stereocenters. The molecule has 1 saturated carbocycles. The van der Waals surface area contributed by atoms with E-state index in [9.17, 15) is 9.59 Å². The van der Waals surface area contributed by atoms with Crippen LogP contribution in [0.15, 0.2) is 42.0 Å². The van der Waals surface area contributed by atoms with E-state index in [1.807, 2.05) is 25.1 Å². The van der Waals surface area contributed by atoms with E-state index in [-0.39, 0.29) is 17.1 Å². The van der Waals surface area contributed by atoms with Gasteiger partial charge in [0, 0.05) is 17.8 Å². The van der Waals surface area contributed by atoms with Gasteiger partial charge in [0.15, 0.2) is 5.78 Å². The molecule has 0 heterocycles. The lowest BCUT2D eigenvalue weighted by atomic mass is 9.61. The molecule has 2 aliphatic carbocycles. The number of hydrogen-bond donors (Lipinski definition) is 0. The van der Waals surface area contributed by atoms with Crippen LogP contribution in [0.2, 0.25) is 0 Å². The van der Waals surface area contributed by atoms with E-state index in [0.717, 1.165) is 24.8 Å². The Kier molecular flexibility index (Phi) is 3.33. The van der Waals surface area contributed by atoms with Crippen LogP contribution in [-0.2, 0) is 16.0 Å². The second kappa shape index (κ2) is 5.01. The van der Waals surface area contributed by atoms with Gasteiger partial charge in [0.05, 0.1) is 0 Å². The fourth-order valence-electron chi connectivity index (χ4n) is 3.59. The van der Waals surface area contributed by atoms with E-state index in [2.05, 4.69) is 12.1 Å². The van der Waals surface area contributed by atoms with Crippen molar-refractivity contribution in [3.63, 3.8) is 0 Å². The van der Waals surface area contributed by atoms with Crippen molar-refractivity contribution in [2.75, 3.05) is 0 Å². The molecule has 3 rings (SSSR count). The van der Waals surface area contributed by atoms with Gasteiger partial charge in [-0.1, -0.05) is 35.9 Å². The number of carbonyl (C=O) groups excluding carboxylic acids is 2. The van der Waals surface area contributed by atoms with Crippen LogP contribution in [0.1, 0.15) is 38.2 Å². The van der Waals surface area contributed by atoms with Crippen molar-refractivity contribution in [1.82, 2.24) is 0 Å². The number of carbonyl (C=O) groups is 2. The lowest BCUT2D eigenvalue weighted by Gasteiger charge is -2.41. The Hall–Kier alpha value is -1.70. The predicted octanol–water partition coefficient (Wildman–Crippen LogP) is 3.50. The van der Waals surface area contributed by atoms with Gasteiger partial charge in [0.25, 0.3) is 0 Å². The van der Waals surface area contributed by atoms with Crippen LogP contribution in [0.3, 0.4) is 0 Å². The number of rotatable bonds is 2. The van der Waals surface area contributed by atoms with E-state index < -0.39 is 0 Å². The Morgan fingerprint density at radius 3 is 2.65 bits per heavy atom. The largest absolute Gasteiger partial charge is 0.298 e. The Morgan fingerprint density at radius 2 is 1.90 bits per heavy atom. The van der Waals surface area contributed by atoms with E-state index in [1.54, 1.807) is 6.08 Å². The molecule has 0 amide bonds. The molecule has 0 aromatic heterocycles. The van der Waals surface area contributed by atoms with Crippen LogP contribution in [-0.4, -0.2) is 11.6 Å². The van der Waals surface area contributed by atoms with Crippen molar-refractivity contribution >= 4 is 11.6 Å². The Labute approximate surface area is 119 Å². The fraction of sp³-hybridized carbons (Fsp3) is 0.444. The first-order chi connectivity index (χ1) is 9.59. The monoisotopic (exact) mass is 268 g/mol. The Morgan fingerprint density at radius 1 is 1.15 bits per heavy atom. The maximum Gasteiger partial charge on any atom is 0.155 e. The number of ketones is 2. The SMILES string of the molecule is CC12CCC(=O)C=C1CCC(Cc1ccccc1)C2=O. The highest BCUT2D eigenvalue weighted by molar-refractivity contribution is 5.98. The van der Waals surface area contributed by atoms with Crippen LogP contribution >= 0.6 is 0 Å². The normalized spacial score (nSPS) is 29.9. The lowest BCUT2D eigenvalue weighted by Crippen LogP contribution is -2.42. The van der Waals surface area contributed by atoms with E-state index in [4.69, 9.17) is 0 Å². The first-order valence-electron chi connectivity index (χ1n) is 7.42. The van der Waals surface area contributed by atoms with Gasteiger partial charge in [0.2, 0.25) is 0 Å². The summed E-state index contributed by atoms with van der Waals surface area (Å²) < 4.78 is 0. The Balaban J connectivity index is 1.82. The summed E-state index contributed by atoms with van der Waals surface area (Å²) in [5.41, 5.74) is 1.92. The lowest BCUT2D eigenvalue weighted by molar-refractivity contribution is -0.133. The smallest absolute Gasteiger partial charge is 0.155 e. The third-order valence-electron chi connectivity index (χ3n) is 4.92. The molecule has 2 nitrogen and oxygen atoms in total. The van der Waals surface area contributed by atoms with Crippen molar-refractivity contribution in [3.05, 3.63) is 47.5 Å². The number of fused-ring (bicyclic) bond motifs is 1. The standard InChI is InChI=1S/C18H20O2/c1-18-10-9-16(19)12-15(18)8-7-14(17(18)20)11-13-5-3-2-4-6-13/h2-6,12,14H,7-11H2,1H3. The topological polar surface area (TPSA) is 34.1 Å². The summed E-state index contributed by atoms with van der Waals surface area (Å²) in [6, 6.07) is 10.2. The molecule has 1 fully saturated rings. The van der Waals surface area contributed by atoms with Crippen LogP contribution in [0.25, 0.3) is 0 Å². The first-order valence-corrected chi connectivity index (χ1v) is 7.42. The summed E-state index contributed by atoms with van der Waals surface area (Å²) in [6.45, 7) is 2.03. The number of benzene rings is 1. The fourth-order valence-corrected chi connectivity index (χ4v) is 3.59. The van der Waals surface area contributed by atoms with Gasteiger partial charge in [-0.2, -0.15) is 0 Å². The first kappa shape index (κ1) is 13.3. The average molecular weight is 268 g/mol. The molecule has 2 unspecified atom stereocenters. The number of Topliss-reactive ketones (excluding diaryl/α,β-unsaturated/α-hetero) is 1. The predicted molar refractivity (Wildman–Crippen MR) is 78.3 cm³/mol. The molecule has 2 aliphatic rings. The summed E-state index contributed by atoms with van der Waals surface area (Å²) in [5, 5.41) is 0. The molecule has 104 valence electrons. The summed E-state index contributed by atoms with van der Waals surface area (Å²) >= 11 is 0. The Bertz CT molecular complexity index is 570. The molecule has 0 radical (unpaired) electrons. The van der Waals surface area contributed by atoms with Gasteiger partial charge >= 0.3 is 0 Å². The highest BCUT2D eigenvalue weighted by atomic mass is 16.1. The second-order valence-corrected chi connectivity index (χ2v) is 6.26. The van der Waals surface area contributed by atoms with Gasteiger partial charge in [-0.15, -0.1) is 0 Å². The highest BCUT2D eigenvalue weighted by Crippen LogP contribution is 2.46. The molecule has 1 aromatic rings. The minimum Gasteiger partial charge on any atom is -0.298 e. The number of hydrogen-bond acceptors (Lipinski definition) is 2. The average Bonchev–Trinajstić information content (AvgIpc) is 2.46. The van der Waals surface area contributed by atoms with Crippen LogP contribution in [0.5, 0.6) is 0 Å². The highest BCUT2D eigenvalue weighted by Gasteiger charge is 2.45. The van der Waals surface area contributed by atoms with Crippen LogP contribution < -0.4 is 0 Å². The zero-order valence-electron chi connectivity index (χ0n) is 11.9. The van der Waals surface area contributed by atoms with Crippen molar-refractivity contribution in [1.29, 1.82) is 0 Å². The zero-order valence-corrected chi connectivity index (χ0v) is 11.9. The van der Waals surface area contributed by atoms with Gasteiger partial charge in [-0.25, -0.2) is 0 Å². The molecule has 1 aromatic carbocycles. The quantitative estimate of drug-likeness (QED) is 0.822. The zero-order chi connectivity index (χ0) is 14.2. The molecule has 2 heteroatoms. The summed E-state index contributed by atoms with van der Waals surface area (Å²) in [7, 11) is 0. The molecule has 0 aliphatic heterocycles. The summed E-state index contributed by atoms with van der Waals surface area (Å²) in [5.74, 6) is 0.630. The maximum absolute atomic E-state index is 12.8. The minimum atomic E-state index is -0.383. The van der Waals surface area contributed by atoms with Gasteiger partial charge < -0.3 is 0 Å². The summed E-state index contributed by atoms with van der Waals surface area (Å²) in [6.07, 6.45) is 5.55. The van der Waals surface area contributed by atoms with Crippen molar-refractivity contribution < 1.29 is 9.59 Å². The third kappa shape index (κ3) is 2.24. The van der Waals surface area contributed by atoms with E-state index in [1.165, 1.54) is 5.56 Å². The molecular weight excluding hydrogens is 248 g/mol. The van der Waals surface area contributed by atoms with Crippen LogP contribution in [0, 0.1) is 11.3 Å². The van der Waals surface area contributed by atoms with Crippen LogP contribution in [0.4, 0.5) is 0 Å².